The first-order valence-electron chi connectivity index (χ1n) is 11.4. The zero-order valence-electron chi connectivity index (χ0n) is 20.6. The Bertz CT molecular complexity index is 1380. The standard InChI is InChI=1S/C28H26BrN3O5/c1-4-36-25-14-19(12-20(15-30)28(35)32-21-7-9-23(33)10-8-21)13-24(29)27(25)37-16-26(34)31-22-6-5-17(2)18(3)11-22/h5-14,33H,4,16H2,1-3H3,(H,31,34)(H,32,35)/b20-12+. The molecule has 0 fully saturated rings. The third-order valence-electron chi connectivity index (χ3n) is 5.27. The van der Waals surface area contributed by atoms with E-state index in [9.17, 15) is 20.0 Å². The van der Waals surface area contributed by atoms with Gasteiger partial charge in [-0.25, -0.2) is 0 Å². The van der Waals surface area contributed by atoms with Gasteiger partial charge in [-0.2, -0.15) is 5.26 Å². The fourth-order valence-corrected chi connectivity index (χ4v) is 3.86. The summed E-state index contributed by atoms with van der Waals surface area (Å²) < 4.78 is 11.9. The number of phenolic OH excluding ortho intramolecular Hbond substituents is 1. The second-order valence-corrected chi connectivity index (χ2v) is 8.92. The SMILES string of the molecule is CCOc1cc(/C=C(\C#N)C(=O)Nc2ccc(O)cc2)cc(Br)c1OCC(=O)Nc1ccc(C)c(C)c1. The molecule has 3 N–H and O–H groups in total. The molecule has 0 spiro atoms. The van der Waals surface area contributed by atoms with Crippen molar-refractivity contribution in [3.05, 3.63) is 81.3 Å². The molecule has 3 aromatic rings. The van der Waals surface area contributed by atoms with E-state index in [-0.39, 0.29) is 23.8 Å². The Morgan fingerprint density at radius 3 is 2.35 bits per heavy atom. The average Bonchev–Trinajstić information content (AvgIpc) is 2.85. The van der Waals surface area contributed by atoms with Crippen LogP contribution < -0.4 is 20.1 Å². The lowest BCUT2D eigenvalue weighted by Crippen LogP contribution is -2.20. The molecule has 8 nitrogen and oxygen atoms in total. The highest BCUT2D eigenvalue weighted by molar-refractivity contribution is 9.10. The lowest BCUT2D eigenvalue weighted by atomic mass is 10.1. The van der Waals surface area contributed by atoms with Crippen LogP contribution >= 0.6 is 15.9 Å². The van der Waals surface area contributed by atoms with E-state index in [2.05, 4.69) is 26.6 Å². The Hall–Kier alpha value is -4.29. The third-order valence-corrected chi connectivity index (χ3v) is 5.86. The van der Waals surface area contributed by atoms with Crippen molar-refractivity contribution in [1.82, 2.24) is 0 Å². The molecule has 0 aromatic heterocycles. The lowest BCUT2D eigenvalue weighted by Gasteiger charge is -2.15. The van der Waals surface area contributed by atoms with Crippen molar-refractivity contribution in [2.45, 2.75) is 20.8 Å². The molecule has 190 valence electrons. The van der Waals surface area contributed by atoms with Crippen molar-refractivity contribution >= 4 is 45.2 Å². The summed E-state index contributed by atoms with van der Waals surface area (Å²) in [6, 6.07) is 16.7. The summed E-state index contributed by atoms with van der Waals surface area (Å²) in [4.78, 5) is 25.0. The van der Waals surface area contributed by atoms with Crippen LogP contribution in [-0.2, 0) is 9.59 Å². The highest BCUT2D eigenvalue weighted by Crippen LogP contribution is 2.37. The van der Waals surface area contributed by atoms with E-state index in [0.717, 1.165) is 11.1 Å². The Kier molecular flexibility index (Phi) is 9.30. The maximum atomic E-state index is 12.6. The number of carbonyl (C=O) groups excluding carboxylic acids is 2. The average molecular weight is 564 g/mol. The van der Waals surface area contributed by atoms with Crippen molar-refractivity contribution in [2.75, 3.05) is 23.8 Å². The first kappa shape index (κ1) is 27.3. The second kappa shape index (κ2) is 12.6. The zero-order chi connectivity index (χ0) is 26.9. The number of ether oxygens (including phenoxy) is 2. The van der Waals surface area contributed by atoms with Gasteiger partial charge in [0.25, 0.3) is 11.8 Å². The number of hydrogen-bond donors (Lipinski definition) is 3. The molecule has 0 heterocycles. The molecule has 3 aromatic carbocycles. The Morgan fingerprint density at radius 1 is 1.00 bits per heavy atom. The van der Waals surface area contributed by atoms with Gasteiger partial charge in [0.1, 0.15) is 17.4 Å². The molecule has 0 atom stereocenters. The number of benzene rings is 3. The van der Waals surface area contributed by atoms with Crippen LogP contribution in [0.15, 0.2) is 64.6 Å². The first-order chi connectivity index (χ1) is 17.7. The molecule has 0 unspecified atom stereocenters. The predicted octanol–water partition coefficient (Wildman–Crippen LogP) is 5.73. The number of hydrogen-bond acceptors (Lipinski definition) is 6. The van der Waals surface area contributed by atoms with E-state index >= 15 is 0 Å². The van der Waals surface area contributed by atoms with Gasteiger partial charge in [-0.3, -0.25) is 9.59 Å². The van der Waals surface area contributed by atoms with E-state index in [1.807, 2.05) is 38.1 Å². The van der Waals surface area contributed by atoms with Gasteiger partial charge in [0.15, 0.2) is 18.1 Å². The van der Waals surface area contributed by atoms with Crippen molar-refractivity contribution in [2.24, 2.45) is 0 Å². The number of nitrogens with one attached hydrogen (secondary N) is 2. The van der Waals surface area contributed by atoms with Crippen LogP contribution in [0.5, 0.6) is 17.2 Å². The Labute approximate surface area is 223 Å². The lowest BCUT2D eigenvalue weighted by molar-refractivity contribution is -0.118. The minimum absolute atomic E-state index is 0.0624. The summed E-state index contributed by atoms with van der Waals surface area (Å²) in [6.07, 6.45) is 1.42. The monoisotopic (exact) mass is 563 g/mol. The molecular formula is C28H26BrN3O5. The van der Waals surface area contributed by atoms with Gasteiger partial charge >= 0.3 is 0 Å². The number of aromatic hydroxyl groups is 1. The molecule has 3 rings (SSSR count). The highest BCUT2D eigenvalue weighted by atomic mass is 79.9. The molecule has 37 heavy (non-hydrogen) atoms. The molecule has 0 saturated carbocycles. The largest absolute Gasteiger partial charge is 0.508 e. The van der Waals surface area contributed by atoms with Crippen molar-refractivity contribution in [3.63, 3.8) is 0 Å². The molecule has 0 radical (unpaired) electrons. The number of rotatable bonds is 9. The highest BCUT2D eigenvalue weighted by Gasteiger charge is 2.16. The normalized spacial score (nSPS) is 10.8. The molecule has 0 saturated heterocycles. The van der Waals surface area contributed by atoms with Crippen LogP contribution in [0.4, 0.5) is 11.4 Å². The van der Waals surface area contributed by atoms with Crippen LogP contribution in [0.25, 0.3) is 6.08 Å². The van der Waals surface area contributed by atoms with E-state index in [1.54, 1.807) is 19.1 Å². The van der Waals surface area contributed by atoms with E-state index in [1.165, 1.54) is 30.3 Å². The van der Waals surface area contributed by atoms with Gasteiger partial charge in [0.05, 0.1) is 11.1 Å². The minimum atomic E-state index is -0.606. The van der Waals surface area contributed by atoms with Crippen molar-refractivity contribution in [1.29, 1.82) is 5.26 Å². The Balaban J connectivity index is 1.76. The first-order valence-corrected chi connectivity index (χ1v) is 12.2. The van der Waals surface area contributed by atoms with Crippen LogP contribution in [-0.4, -0.2) is 30.1 Å². The fourth-order valence-electron chi connectivity index (χ4n) is 3.29. The number of anilines is 2. The summed E-state index contributed by atoms with van der Waals surface area (Å²) in [5, 5.41) is 24.4. The Morgan fingerprint density at radius 2 is 1.70 bits per heavy atom. The quantitative estimate of drug-likeness (QED) is 0.173. The topological polar surface area (TPSA) is 121 Å². The van der Waals surface area contributed by atoms with Crippen LogP contribution in [0, 0.1) is 25.2 Å². The number of nitrogens with zero attached hydrogens (tertiary/aromatic N) is 1. The van der Waals surface area contributed by atoms with Gasteiger partial charge in [-0.1, -0.05) is 6.07 Å². The van der Waals surface area contributed by atoms with E-state index in [0.29, 0.717) is 39.5 Å². The summed E-state index contributed by atoms with van der Waals surface area (Å²) in [7, 11) is 0. The maximum Gasteiger partial charge on any atom is 0.266 e. The molecule has 0 aliphatic carbocycles. The summed E-state index contributed by atoms with van der Waals surface area (Å²) in [6.45, 7) is 5.85. The van der Waals surface area contributed by atoms with Crippen LogP contribution in [0.1, 0.15) is 23.6 Å². The maximum absolute atomic E-state index is 12.6. The number of phenols is 1. The summed E-state index contributed by atoms with van der Waals surface area (Å²) >= 11 is 3.44. The van der Waals surface area contributed by atoms with Gasteiger partial charge in [-0.15, -0.1) is 0 Å². The number of amides is 2. The molecule has 0 bridgehead atoms. The predicted molar refractivity (Wildman–Crippen MR) is 146 cm³/mol. The van der Waals surface area contributed by atoms with E-state index < -0.39 is 5.91 Å². The van der Waals surface area contributed by atoms with Crippen LogP contribution in [0.2, 0.25) is 0 Å². The van der Waals surface area contributed by atoms with Gasteiger partial charge < -0.3 is 25.2 Å². The van der Waals surface area contributed by atoms with Gasteiger partial charge in [0.2, 0.25) is 0 Å². The smallest absolute Gasteiger partial charge is 0.266 e. The van der Waals surface area contributed by atoms with Gasteiger partial charge in [-0.05, 0) is 108 Å². The van der Waals surface area contributed by atoms with E-state index in [4.69, 9.17) is 9.47 Å². The second-order valence-electron chi connectivity index (χ2n) is 8.07. The number of carbonyl (C=O) groups is 2. The summed E-state index contributed by atoms with van der Waals surface area (Å²) in [5.41, 5.74) is 3.69. The minimum Gasteiger partial charge on any atom is -0.508 e. The summed E-state index contributed by atoms with van der Waals surface area (Å²) in [5.74, 6) is -0.211. The van der Waals surface area contributed by atoms with Crippen molar-refractivity contribution in [3.8, 4) is 23.3 Å². The molecular weight excluding hydrogens is 538 g/mol. The number of nitriles is 1. The molecule has 9 heteroatoms. The third kappa shape index (κ3) is 7.59. The van der Waals surface area contributed by atoms with Gasteiger partial charge in [0, 0.05) is 11.4 Å². The molecule has 0 aliphatic rings. The molecule has 0 aliphatic heterocycles. The van der Waals surface area contributed by atoms with Crippen LogP contribution in [0.3, 0.4) is 0 Å². The zero-order valence-corrected chi connectivity index (χ0v) is 22.2. The number of halogens is 1. The molecule has 2 amide bonds. The van der Waals surface area contributed by atoms with Crippen molar-refractivity contribution < 1.29 is 24.2 Å². The number of aryl methyl sites for hydroxylation is 2. The fraction of sp³-hybridized carbons (Fsp3) is 0.179.